The van der Waals surface area contributed by atoms with Crippen molar-refractivity contribution in [1.82, 2.24) is 19.9 Å². The summed E-state index contributed by atoms with van der Waals surface area (Å²) in [6, 6.07) is 6.55. The van der Waals surface area contributed by atoms with Crippen LogP contribution < -0.4 is 0 Å². The molecule has 2 heterocycles. The zero-order valence-electron chi connectivity index (χ0n) is 11.3. The van der Waals surface area contributed by atoms with Crippen LogP contribution in [0.15, 0.2) is 53.0 Å². The van der Waals surface area contributed by atoms with Crippen molar-refractivity contribution in [3.8, 4) is 11.3 Å². The Labute approximate surface area is 132 Å². The molecule has 1 aromatic carbocycles. The minimum absolute atomic E-state index is 0.0696. The minimum Gasteiger partial charge on any atom is -0.333 e. The fourth-order valence-electron chi connectivity index (χ4n) is 1.77. The van der Waals surface area contributed by atoms with Gasteiger partial charge < -0.3 is 4.98 Å². The second kappa shape index (κ2) is 5.99. The van der Waals surface area contributed by atoms with Crippen molar-refractivity contribution in [2.24, 2.45) is 0 Å². The fourth-order valence-corrected chi connectivity index (χ4v) is 2.46. The van der Waals surface area contributed by atoms with Crippen LogP contribution in [-0.4, -0.2) is 19.9 Å². The van der Waals surface area contributed by atoms with Gasteiger partial charge in [0.25, 0.3) is 0 Å². The molecule has 0 radical (unpaired) electrons. The summed E-state index contributed by atoms with van der Waals surface area (Å²) < 4.78 is 50.7. The highest BCUT2D eigenvalue weighted by Crippen LogP contribution is 2.30. The Bertz CT molecular complexity index is 814. The number of aromatic amines is 1. The average molecular weight is 340 g/mol. The molecule has 0 unspecified atom stereocenters. The lowest BCUT2D eigenvalue weighted by Gasteiger charge is -2.05. The van der Waals surface area contributed by atoms with E-state index in [0.29, 0.717) is 16.4 Å². The van der Waals surface area contributed by atoms with Gasteiger partial charge in [0.15, 0.2) is 10.3 Å². The number of nitrogens with one attached hydrogen (secondary N) is 1. The van der Waals surface area contributed by atoms with E-state index in [1.165, 1.54) is 18.3 Å². The molecule has 23 heavy (non-hydrogen) atoms. The Morgan fingerprint density at radius 2 is 1.74 bits per heavy atom. The van der Waals surface area contributed by atoms with Crippen LogP contribution in [0.3, 0.4) is 0 Å². The smallest absolute Gasteiger partial charge is 0.333 e. The topological polar surface area (TPSA) is 54.5 Å². The van der Waals surface area contributed by atoms with E-state index >= 15 is 0 Å². The molecule has 0 aliphatic carbocycles. The first-order valence-electron chi connectivity index (χ1n) is 6.31. The number of H-pyrrole nitrogens is 1. The number of hydrogen-bond acceptors (Lipinski definition) is 4. The number of rotatable bonds is 3. The Morgan fingerprint density at radius 3 is 2.43 bits per heavy atom. The molecule has 9 heteroatoms. The van der Waals surface area contributed by atoms with Gasteiger partial charge in [-0.2, -0.15) is 13.2 Å². The van der Waals surface area contributed by atoms with Crippen LogP contribution in [-0.2, 0) is 6.18 Å². The van der Waals surface area contributed by atoms with Crippen molar-refractivity contribution in [3.05, 3.63) is 54.2 Å². The quantitative estimate of drug-likeness (QED) is 0.574. The van der Waals surface area contributed by atoms with E-state index in [9.17, 15) is 17.6 Å². The van der Waals surface area contributed by atoms with Crippen LogP contribution in [0.25, 0.3) is 11.3 Å². The largest absolute Gasteiger partial charge is 0.433 e. The predicted octanol–water partition coefficient (Wildman–Crippen LogP) is 4.18. The molecular formula is C14H8F4N4S. The lowest BCUT2D eigenvalue weighted by Crippen LogP contribution is -2.08. The monoisotopic (exact) mass is 340 g/mol. The lowest BCUT2D eigenvalue weighted by atomic mass is 10.2. The van der Waals surface area contributed by atoms with E-state index in [1.807, 2.05) is 0 Å². The molecule has 0 amide bonds. The molecule has 3 aromatic rings. The average Bonchev–Trinajstić information content (AvgIpc) is 2.96. The number of halogens is 4. The van der Waals surface area contributed by atoms with Crippen molar-refractivity contribution in [1.29, 1.82) is 0 Å². The predicted molar refractivity (Wildman–Crippen MR) is 75.1 cm³/mol. The van der Waals surface area contributed by atoms with Crippen LogP contribution in [0.5, 0.6) is 0 Å². The summed E-state index contributed by atoms with van der Waals surface area (Å²) in [5, 5.41) is 0.267. The van der Waals surface area contributed by atoms with E-state index < -0.39 is 11.9 Å². The number of aromatic nitrogens is 4. The minimum atomic E-state index is -4.53. The van der Waals surface area contributed by atoms with Crippen molar-refractivity contribution in [3.63, 3.8) is 0 Å². The molecule has 1 N–H and O–H groups in total. The van der Waals surface area contributed by atoms with Gasteiger partial charge in [0.05, 0.1) is 11.9 Å². The first-order valence-corrected chi connectivity index (χ1v) is 7.12. The number of imidazole rings is 1. The molecule has 0 saturated carbocycles. The summed E-state index contributed by atoms with van der Waals surface area (Å²) in [6.07, 6.45) is -1.98. The second-order valence-electron chi connectivity index (χ2n) is 4.43. The van der Waals surface area contributed by atoms with E-state index in [1.54, 1.807) is 12.1 Å². The van der Waals surface area contributed by atoms with E-state index in [4.69, 9.17) is 0 Å². The molecule has 3 rings (SSSR count). The van der Waals surface area contributed by atoms with Crippen LogP contribution in [0.4, 0.5) is 17.6 Å². The van der Waals surface area contributed by atoms with Gasteiger partial charge in [-0.1, -0.05) is 0 Å². The molecule has 0 bridgehead atoms. The Kier molecular flexibility index (Phi) is 4.03. The van der Waals surface area contributed by atoms with Crippen LogP contribution in [0, 0.1) is 5.82 Å². The number of nitrogens with zero attached hydrogens (tertiary/aromatic N) is 3. The molecule has 0 aliphatic rings. The first-order chi connectivity index (χ1) is 10.9. The maximum absolute atomic E-state index is 12.9. The summed E-state index contributed by atoms with van der Waals surface area (Å²) >= 11 is 0.874. The SMILES string of the molecule is Fc1ccc(-c2cnc(Sc3nccc(C(F)(F)F)n3)[nH]2)cc1. The lowest BCUT2D eigenvalue weighted by molar-refractivity contribution is -0.141. The zero-order chi connectivity index (χ0) is 16.4. The summed E-state index contributed by atoms with van der Waals surface area (Å²) in [5.41, 5.74) is 0.301. The molecule has 2 aromatic heterocycles. The third-order valence-electron chi connectivity index (χ3n) is 2.82. The van der Waals surface area contributed by atoms with E-state index in [-0.39, 0.29) is 11.0 Å². The molecule has 0 aliphatic heterocycles. The Hall–Kier alpha value is -2.42. The fraction of sp³-hybridized carbons (Fsp3) is 0.0714. The van der Waals surface area contributed by atoms with E-state index in [0.717, 1.165) is 24.0 Å². The van der Waals surface area contributed by atoms with Gasteiger partial charge in [0.2, 0.25) is 0 Å². The molecule has 0 spiro atoms. The summed E-state index contributed by atoms with van der Waals surface area (Å²) in [6.45, 7) is 0. The third-order valence-corrected chi connectivity index (χ3v) is 3.60. The second-order valence-corrected chi connectivity index (χ2v) is 5.39. The molecule has 0 fully saturated rings. The van der Waals surface area contributed by atoms with Gasteiger partial charge in [-0.3, -0.25) is 0 Å². The van der Waals surface area contributed by atoms with Gasteiger partial charge in [-0.05, 0) is 47.7 Å². The Morgan fingerprint density at radius 1 is 1.00 bits per heavy atom. The standard InChI is InChI=1S/C14H8F4N4S/c15-9-3-1-8(2-4-9)10-7-20-13(21-10)23-12-19-6-5-11(22-12)14(16,17)18/h1-7H,(H,20,21). The van der Waals surface area contributed by atoms with Crippen molar-refractivity contribution in [2.45, 2.75) is 16.5 Å². The highest BCUT2D eigenvalue weighted by atomic mass is 32.2. The van der Waals surface area contributed by atoms with Gasteiger partial charge in [0, 0.05) is 6.20 Å². The zero-order valence-corrected chi connectivity index (χ0v) is 12.1. The van der Waals surface area contributed by atoms with Crippen LogP contribution in [0.2, 0.25) is 0 Å². The first kappa shape index (κ1) is 15.5. The normalized spacial score (nSPS) is 11.7. The maximum atomic E-state index is 12.9. The molecule has 118 valence electrons. The van der Waals surface area contributed by atoms with Crippen molar-refractivity contribution < 1.29 is 17.6 Å². The maximum Gasteiger partial charge on any atom is 0.433 e. The summed E-state index contributed by atoms with van der Waals surface area (Å²) in [4.78, 5) is 14.2. The van der Waals surface area contributed by atoms with Crippen LogP contribution >= 0.6 is 11.8 Å². The number of hydrogen-bond donors (Lipinski definition) is 1. The molecule has 0 saturated heterocycles. The highest BCUT2D eigenvalue weighted by molar-refractivity contribution is 7.99. The summed E-state index contributed by atoms with van der Waals surface area (Å²) in [5.74, 6) is -0.361. The van der Waals surface area contributed by atoms with Crippen LogP contribution in [0.1, 0.15) is 5.69 Å². The van der Waals surface area contributed by atoms with Crippen molar-refractivity contribution in [2.75, 3.05) is 0 Å². The van der Waals surface area contributed by atoms with Crippen molar-refractivity contribution >= 4 is 11.8 Å². The molecule has 4 nitrogen and oxygen atoms in total. The molecular weight excluding hydrogens is 332 g/mol. The van der Waals surface area contributed by atoms with Gasteiger partial charge in [-0.25, -0.2) is 19.3 Å². The number of alkyl halides is 3. The Balaban J connectivity index is 1.81. The third kappa shape index (κ3) is 3.67. The highest BCUT2D eigenvalue weighted by Gasteiger charge is 2.32. The van der Waals surface area contributed by atoms with E-state index in [2.05, 4.69) is 19.9 Å². The van der Waals surface area contributed by atoms with Gasteiger partial charge in [-0.15, -0.1) is 0 Å². The van der Waals surface area contributed by atoms with Gasteiger partial charge >= 0.3 is 6.18 Å². The number of benzene rings is 1. The van der Waals surface area contributed by atoms with Gasteiger partial charge in [0.1, 0.15) is 11.5 Å². The summed E-state index contributed by atoms with van der Waals surface area (Å²) in [7, 11) is 0. The molecule has 0 atom stereocenters.